The first kappa shape index (κ1) is 16.7. The van der Waals surface area contributed by atoms with Crippen molar-refractivity contribution in [3.05, 3.63) is 22.4 Å². The molecule has 1 aliphatic heterocycles. The van der Waals surface area contributed by atoms with Crippen LogP contribution in [0.1, 0.15) is 6.42 Å². The van der Waals surface area contributed by atoms with Crippen molar-refractivity contribution in [1.82, 2.24) is 4.72 Å². The monoisotopic (exact) mass is 400 g/mol. The van der Waals surface area contributed by atoms with Crippen LogP contribution in [0, 0.1) is 11.7 Å². The molecule has 1 aromatic rings. The standard InChI is InChI=1S/C11H14BrFN2O4S2/c12-8-3-9(13)10(14)4-11(8)21(18,19)15-5-7-1-2-20(16,17)6-7/h3-4,7,15H,1-2,5-6,14H2. The molecule has 21 heavy (non-hydrogen) atoms. The molecular formula is C11H14BrFN2O4S2. The van der Waals surface area contributed by atoms with Crippen molar-refractivity contribution < 1.29 is 21.2 Å². The minimum Gasteiger partial charge on any atom is -0.396 e. The maximum atomic E-state index is 13.2. The highest BCUT2D eigenvalue weighted by Crippen LogP contribution is 2.27. The Morgan fingerprint density at radius 3 is 2.67 bits per heavy atom. The smallest absolute Gasteiger partial charge is 0.241 e. The van der Waals surface area contributed by atoms with Gasteiger partial charge < -0.3 is 5.73 Å². The number of benzene rings is 1. The third-order valence-corrected chi connectivity index (χ3v) is 7.45. The summed E-state index contributed by atoms with van der Waals surface area (Å²) in [5.74, 6) is -0.918. The van der Waals surface area contributed by atoms with Gasteiger partial charge in [-0.1, -0.05) is 0 Å². The molecule has 0 amide bonds. The quantitative estimate of drug-likeness (QED) is 0.729. The van der Waals surface area contributed by atoms with Gasteiger partial charge in [-0.05, 0) is 40.4 Å². The molecule has 1 saturated heterocycles. The van der Waals surface area contributed by atoms with Crippen LogP contribution in [0.3, 0.4) is 0 Å². The topological polar surface area (TPSA) is 106 Å². The molecule has 0 aromatic heterocycles. The summed E-state index contributed by atoms with van der Waals surface area (Å²) in [6, 6.07) is 2.00. The predicted molar refractivity (Wildman–Crippen MR) is 80.5 cm³/mol. The SMILES string of the molecule is Nc1cc(S(=O)(=O)NCC2CCS(=O)(=O)C2)c(Br)cc1F. The highest BCUT2D eigenvalue weighted by Gasteiger charge is 2.29. The molecule has 1 heterocycles. The minimum absolute atomic E-state index is 0.0191. The Morgan fingerprint density at radius 2 is 2.10 bits per heavy atom. The Kier molecular flexibility index (Phi) is 4.62. The maximum absolute atomic E-state index is 13.2. The zero-order valence-electron chi connectivity index (χ0n) is 10.8. The Bertz CT molecular complexity index is 765. The summed E-state index contributed by atoms with van der Waals surface area (Å²) in [7, 11) is -6.96. The molecule has 10 heteroatoms. The third kappa shape index (κ3) is 3.93. The predicted octanol–water partition coefficient (Wildman–Crippen LogP) is 0.883. The largest absolute Gasteiger partial charge is 0.396 e. The molecule has 118 valence electrons. The fourth-order valence-corrected chi connectivity index (χ4v) is 6.11. The summed E-state index contributed by atoms with van der Waals surface area (Å²) in [4.78, 5) is -0.178. The summed E-state index contributed by atoms with van der Waals surface area (Å²) in [5, 5.41) is 0. The molecule has 0 bridgehead atoms. The van der Waals surface area contributed by atoms with Gasteiger partial charge in [0.15, 0.2) is 9.84 Å². The molecule has 0 aliphatic carbocycles. The van der Waals surface area contributed by atoms with E-state index in [1.807, 2.05) is 0 Å². The fraction of sp³-hybridized carbons (Fsp3) is 0.455. The summed E-state index contributed by atoms with van der Waals surface area (Å²) in [6.45, 7) is 0.0191. The first-order valence-corrected chi connectivity index (χ1v) is 10.1. The van der Waals surface area contributed by atoms with E-state index >= 15 is 0 Å². The molecule has 1 fully saturated rings. The van der Waals surface area contributed by atoms with Crippen LogP contribution in [0.15, 0.2) is 21.5 Å². The number of nitrogens with one attached hydrogen (secondary N) is 1. The van der Waals surface area contributed by atoms with Crippen LogP contribution in [-0.4, -0.2) is 34.9 Å². The Labute approximate surface area is 131 Å². The normalized spacial score (nSPS) is 21.5. The second-order valence-electron chi connectivity index (χ2n) is 4.93. The average Bonchev–Trinajstić information content (AvgIpc) is 2.71. The Morgan fingerprint density at radius 1 is 1.43 bits per heavy atom. The molecule has 6 nitrogen and oxygen atoms in total. The lowest BCUT2D eigenvalue weighted by Gasteiger charge is -2.12. The zero-order valence-corrected chi connectivity index (χ0v) is 14.1. The van der Waals surface area contributed by atoms with Gasteiger partial charge in [0.2, 0.25) is 10.0 Å². The Hall–Kier alpha value is -0.710. The molecule has 1 atom stereocenters. The van der Waals surface area contributed by atoms with Crippen molar-refractivity contribution in [3.63, 3.8) is 0 Å². The molecule has 0 radical (unpaired) electrons. The van der Waals surface area contributed by atoms with E-state index in [2.05, 4.69) is 20.7 Å². The van der Waals surface area contributed by atoms with E-state index in [0.29, 0.717) is 6.42 Å². The number of rotatable bonds is 4. The van der Waals surface area contributed by atoms with Crippen LogP contribution in [0.2, 0.25) is 0 Å². The number of nitrogen functional groups attached to an aromatic ring is 1. The average molecular weight is 401 g/mol. The van der Waals surface area contributed by atoms with Crippen molar-refractivity contribution in [3.8, 4) is 0 Å². The van der Waals surface area contributed by atoms with Crippen molar-refractivity contribution >= 4 is 41.5 Å². The molecule has 0 spiro atoms. The van der Waals surface area contributed by atoms with Crippen molar-refractivity contribution in [2.75, 3.05) is 23.8 Å². The van der Waals surface area contributed by atoms with E-state index in [1.54, 1.807) is 0 Å². The van der Waals surface area contributed by atoms with Gasteiger partial charge >= 0.3 is 0 Å². The van der Waals surface area contributed by atoms with Gasteiger partial charge in [-0.3, -0.25) is 0 Å². The molecular weight excluding hydrogens is 387 g/mol. The highest BCUT2D eigenvalue weighted by atomic mass is 79.9. The van der Waals surface area contributed by atoms with Crippen LogP contribution in [0.4, 0.5) is 10.1 Å². The molecule has 2 rings (SSSR count). The van der Waals surface area contributed by atoms with Crippen LogP contribution in [0.5, 0.6) is 0 Å². The molecule has 1 aliphatic rings. The van der Waals surface area contributed by atoms with E-state index in [1.165, 1.54) is 0 Å². The van der Waals surface area contributed by atoms with Gasteiger partial charge in [-0.15, -0.1) is 0 Å². The first-order valence-electron chi connectivity index (χ1n) is 6.05. The highest BCUT2D eigenvalue weighted by molar-refractivity contribution is 9.10. The second kappa shape index (κ2) is 5.82. The lowest BCUT2D eigenvalue weighted by molar-refractivity contribution is 0.542. The number of sulfone groups is 1. The van der Waals surface area contributed by atoms with E-state index < -0.39 is 25.7 Å². The molecule has 3 N–H and O–H groups in total. The van der Waals surface area contributed by atoms with Crippen molar-refractivity contribution in [1.29, 1.82) is 0 Å². The van der Waals surface area contributed by atoms with Gasteiger partial charge in [0.1, 0.15) is 5.82 Å². The summed E-state index contributed by atoms with van der Waals surface area (Å²) >= 11 is 2.98. The molecule has 0 saturated carbocycles. The number of anilines is 1. The maximum Gasteiger partial charge on any atom is 0.241 e. The van der Waals surface area contributed by atoms with Gasteiger partial charge in [0.25, 0.3) is 0 Å². The Balaban J connectivity index is 2.14. The van der Waals surface area contributed by atoms with Gasteiger partial charge in [-0.2, -0.15) is 0 Å². The van der Waals surface area contributed by atoms with Crippen LogP contribution in [0.25, 0.3) is 0 Å². The van der Waals surface area contributed by atoms with Gasteiger partial charge in [0, 0.05) is 11.0 Å². The van der Waals surface area contributed by atoms with E-state index in [0.717, 1.165) is 12.1 Å². The van der Waals surface area contributed by atoms with E-state index in [4.69, 9.17) is 5.73 Å². The van der Waals surface area contributed by atoms with E-state index in [-0.39, 0.29) is 39.0 Å². The van der Waals surface area contributed by atoms with Gasteiger partial charge in [0.05, 0.1) is 22.1 Å². The molecule has 1 unspecified atom stereocenters. The third-order valence-electron chi connectivity index (χ3n) is 3.23. The zero-order chi connectivity index (χ0) is 15.8. The van der Waals surface area contributed by atoms with Crippen LogP contribution < -0.4 is 10.5 Å². The fourth-order valence-electron chi connectivity index (χ4n) is 2.09. The van der Waals surface area contributed by atoms with Crippen LogP contribution >= 0.6 is 15.9 Å². The van der Waals surface area contributed by atoms with Crippen molar-refractivity contribution in [2.45, 2.75) is 11.3 Å². The summed E-state index contributed by atoms with van der Waals surface area (Å²) in [5.41, 5.74) is 5.10. The lowest BCUT2D eigenvalue weighted by atomic mass is 10.1. The number of hydrogen-bond donors (Lipinski definition) is 2. The number of sulfonamides is 1. The number of hydrogen-bond acceptors (Lipinski definition) is 5. The lowest BCUT2D eigenvalue weighted by Crippen LogP contribution is -2.30. The van der Waals surface area contributed by atoms with E-state index in [9.17, 15) is 21.2 Å². The second-order valence-corrected chi connectivity index (χ2v) is 9.74. The van der Waals surface area contributed by atoms with Crippen molar-refractivity contribution in [2.24, 2.45) is 5.92 Å². The summed E-state index contributed by atoms with van der Waals surface area (Å²) in [6.07, 6.45) is 0.428. The summed E-state index contributed by atoms with van der Waals surface area (Å²) < 4.78 is 62.6. The van der Waals surface area contributed by atoms with Gasteiger partial charge in [-0.25, -0.2) is 25.9 Å². The first-order chi connectivity index (χ1) is 9.61. The number of halogens is 2. The minimum atomic E-state index is -3.89. The molecule has 1 aromatic carbocycles. The van der Waals surface area contributed by atoms with Crippen LogP contribution in [-0.2, 0) is 19.9 Å². The number of nitrogens with two attached hydrogens (primary N) is 1.